The summed E-state index contributed by atoms with van der Waals surface area (Å²) in [5.41, 5.74) is 7.86. The molecule has 0 aliphatic heterocycles. The van der Waals surface area contributed by atoms with Gasteiger partial charge in [-0.1, -0.05) is 35.4 Å². The third-order valence-corrected chi connectivity index (χ3v) is 2.54. The van der Waals surface area contributed by atoms with Crippen LogP contribution < -0.4 is 22.5 Å². The van der Waals surface area contributed by atoms with Gasteiger partial charge in [-0.05, 0) is 13.8 Å². The predicted octanol–water partition coefficient (Wildman–Crippen LogP) is -1.21. The molecular formula is C14H22N4O4S. The van der Waals surface area contributed by atoms with Crippen LogP contribution in [0, 0.1) is 13.8 Å². The standard InChI is InChI=1S/2C7H10N2.H2O4S/c2*1-6-2-4-7(9-8)5-3-6;1-5(2,3)4/h2*2-5,9H,8H2,1H3;(H2,1,2,3,4). The van der Waals surface area contributed by atoms with Crippen molar-refractivity contribution in [2.24, 2.45) is 11.7 Å². The van der Waals surface area contributed by atoms with Crippen molar-refractivity contribution < 1.29 is 28.4 Å². The quantitative estimate of drug-likeness (QED) is 0.176. The number of quaternary nitrogens is 2. The molecule has 2 aromatic carbocycles. The third-order valence-electron chi connectivity index (χ3n) is 2.54. The first-order valence-electron chi connectivity index (χ1n) is 6.55. The highest BCUT2D eigenvalue weighted by molar-refractivity contribution is 7.79. The lowest BCUT2D eigenvalue weighted by atomic mass is 10.2. The molecule has 0 amide bonds. The molecule has 8 nitrogen and oxygen atoms in total. The third kappa shape index (κ3) is 13.5. The molecule has 2 aromatic rings. The summed E-state index contributed by atoms with van der Waals surface area (Å²) in [7, 11) is -5.17. The van der Waals surface area contributed by atoms with E-state index in [0.29, 0.717) is 0 Å². The maximum absolute atomic E-state index is 8.52. The zero-order valence-electron chi connectivity index (χ0n) is 13.0. The molecule has 0 aromatic heterocycles. The lowest BCUT2D eigenvalue weighted by Crippen LogP contribution is -2.85. The molecule has 128 valence electrons. The molecule has 0 atom stereocenters. The molecule has 9 heteroatoms. The highest BCUT2D eigenvalue weighted by Gasteiger charge is 1.89. The predicted molar refractivity (Wildman–Crippen MR) is 84.4 cm³/mol. The first kappa shape index (κ1) is 21.1. The Labute approximate surface area is 136 Å². The molecule has 0 radical (unpaired) electrons. The second kappa shape index (κ2) is 10.8. The lowest BCUT2D eigenvalue weighted by molar-refractivity contribution is -0.584. The van der Waals surface area contributed by atoms with E-state index in [2.05, 4.69) is 13.8 Å². The Morgan fingerprint density at radius 2 is 0.957 bits per heavy atom. The minimum Gasteiger partial charge on any atom is -0.759 e. The van der Waals surface area contributed by atoms with Crippen LogP contribution in [0.25, 0.3) is 0 Å². The van der Waals surface area contributed by atoms with E-state index in [1.807, 2.05) is 48.5 Å². The fourth-order valence-corrected chi connectivity index (χ4v) is 1.36. The van der Waals surface area contributed by atoms with E-state index in [1.165, 1.54) is 11.1 Å². The zero-order valence-corrected chi connectivity index (χ0v) is 13.8. The molecule has 8 N–H and O–H groups in total. The van der Waals surface area contributed by atoms with E-state index in [1.54, 1.807) is 10.9 Å². The molecular weight excluding hydrogens is 320 g/mol. The molecule has 0 aliphatic rings. The number of rotatable bonds is 2. The lowest BCUT2D eigenvalue weighted by Gasteiger charge is -2.06. The van der Waals surface area contributed by atoms with Gasteiger partial charge in [0, 0.05) is 34.7 Å². The van der Waals surface area contributed by atoms with Gasteiger partial charge in [0.05, 0.1) is 0 Å². The van der Waals surface area contributed by atoms with Crippen LogP contribution >= 0.6 is 0 Å². The van der Waals surface area contributed by atoms with Crippen LogP contribution in [0.5, 0.6) is 0 Å². The summed E-state index contributed by atoms with van der Waals surface area (Å²) in [5, 5.41) is 0. The summed E-state index contributed by atoms with van der Waals surface area (Å²) in [6.07, 6.45) is 0. The van der Waals surface area contributed by atoms with Gasteiger partial charge in [-0.15, -0.1) is 0 Å². The van der Waals surface area contributed by atoms with Crippen LogP contribution in [-0.4, -0.2) is 17.5 Å². The number of hydrogen-bond donors (Lipinski definition) is 4. The molecule has 0 spiro atoms. The van der Waals surface area contributed by atoms with Crippen LogP contribution in [0.3, 0.4) is 0 Å². The van der Waals surface area contributed by atoms with E-state index in [4.69, 9.17) is 29.2 Å². The molecule has 0 bridgehead atoms. The Morgan fingerprint density at radius 1 is 0.739 bits per heavy atom. The molecule has 0 saturated carbocycles. The summed E-state index contributed by atoms with van der Waals surface area (Å²) in [5.74, 6) is 10.5. The summed E-state index contributed by atoms with van der Waals surface area (Å²) in [6.45, 7) is 4.11. The Balaban J connectivity index is 0.000000332. The summed E-state index contributed by atoms with van der Waals surface area (Å²) < 4.78 is 34.1. The zero-order chi connectivity index (χ0) is 17.9. The Bertz CT molecular complexity index is 605. The van der Waals surface area contributed by atoms with Crippen LogP contribution in [-0.2, 0) is 10.4 Å². The fourth-order valence-electron chi connectivity index (χ4n) is 1.36. The highest BCUT2D eigenvalue weighted by atomic mass is 32.3. The molecule has 0 aliphatic carbocycles. The summed E-state index contributed by atoms with van der Waals surface area (Å²) in [4.78, 5) is 0. The SMILES string of the molecule is Cc1ccc([NH2+]N)cc1.Cc1ccc([NH2+]N)cc1.O=S(=O)([O-])[O-]. The van der Waals surface area contributed by atoms with Gasteiger partial charge in [0.1, 0.15) is 11.4 Å². The van der Waals surface area contributed by atoms with E-state index >= 15 is 0 Å². The van der Waals surface area contributed by atoms with Gasteiger partial charge in [-0.2, -0.15) is 11.7 Å². The minimum absolute atomic E-state index is 1.07. The number of aryl methyl sites for hydroxylation is 2. The van der Waals surface area contributed by atoms with Crippen molar-refractivity contribution in [2.75, 3.05) is 0 Å². The van der Waals surface area contributed by atoms with Crippen LogP contribution in [0.15, 0.2) is 48.5 Å². The molecule has 0 unspecified atom stereocenters. The van der Waals surface area contributed by atoms with Crippen molar-refractivity contribution in [1.82, 2.24) is 0 Å². The van der Waals surface area contributed by atoms with Crippen LogP contribution in [0.2, 0.25) is 0 Å². The van der Waals surface area contributed by atoms with Crippen molar-refractivity contribution in [3.63, 3.8) is 0 Å². The first-order valence-corrected chi connectivity index (χ1v) is 7.89. The topological polar surface area (TPSA) is 166 Å². The second-order valence-corrected chi connectivity index (χ2v) is 5.38. The average Bonchev–Trinajstić information content (AvgIpc) is 2.48. The molecule has 0 heterocycles. The minimum atomic E-state index is -5.17. The Hall–Kier alpha value is -1.85. The Kier molecular flexibility index (Phi) is 9.94. The molecule has 2 rings (SSSR count). The summed E-state index contributed by atoms with van der Waals surface area (Å²) >= 11 is 0. The number of hydrogen-bond acceptors (Lipinski definition) is 6. The van der Waals surface area contributed by atoms with Crippen molar-refractivity contribution in [3.8, 4) is 0 Å². The van der Waals surface area contributed by atoms with Crippen LogP contribution in [0.1, 0.15) is 11.1 Å². The normalized spacial score (nSPS) is 10.0. The van der Waals surface area contributed by atoms with E-state index in [-0.39, 0.29) is 0 Å². The number of nitrogens with two attached hydrogens (primary N) is 4. The van der Waals surface area contributed by atoms with E-state index in [0.717, 1.165) is 11.4 Å². The highest BCUT2D eigenvalue weighted by Crippen LogP contribution is 2.01. The van der Waals surface area contributed by atoms with Crippen molar-refractivity contribution in [1.29, 1.82) is 0 Å². The largest absolute Gasteiger partial charge is 0.759 e. The maximum atomic E-state index is 8.52. The van der Waals surface area contributed by atoms with E-state index < -0.39 is 10.4 Å². The van der Waals surface area contributed by atoms with Gasteiger partial charge in [-0.25, -0.2) is 10.9 Å². The van der Waals surface area contributed by atoms with Crippen LogP contribution in [0.4, 0.5) is 11.4 Å². The number of benzene rings is 2. The van der Waals surface area contributed by atoms with Crippen molar-refractivity contribution >= 4 is 21.8 Å². The van der Waals surface area contributed by atoms with Gasteiger partial charge >= 0.3 is 0 Å². The maximum Gasteiger partial charge on any atom is 0.148 e. The van der Waals surface area contributed by atoms with Crippen molar-refractivity contribution in [3.05, 3.63) is 59.7 Å². The molecule has 0 fully saturated rings. The molecule has 0 saturated heterocycles. The molecule has 23 heavy (non-hydrogen) atoms. The van der Waals surface area contributed by atoms with Gasteiger partial charge in [0.25, 0.3) is 0 Å². The first-order chi connectivity index (χ1) is 10.7. The van der Waals surface area contributed by atoms with Gasteiger partial charge in [0.2, 0.25) is 0 Å². The Morgan fingerprint density at radius 3 is 1.13 bits per heavy atom. The van der Waals surface area contributed by atoms with E-state index in [9.17, 15) is 0 Å². The van der Waals surface area contributed by atoms with Gasteiger partial charge in [-0.3, -0.25) is 8.42 Å². The van der Waals surface area contributed by atoms with Gasteiger partial charge in [0.15, 0.2) is 0 Å². The average molecular weight is 342 g/mol. The fraction of sp³-hybridized carbons (Fsp3) is 0.143. The monoisotopic (exact) mass is 342 g/mol. The van der Waals surface area contributed by atoms with Gasteiger partial charge < -0.3 is 9.11 Å². The smallest absolute Gasteiger partial charge is 0.148 e. The van der Waals surface area contributed by atoms with Crippen molar-refractivity contribution in [2.45, 2.75) is 13.8 Å². The second-order valence-electron chi connectivity index (χ2n) is 4.56. The summed E-state index contributed by atoms with van der Waals surface area (Å²) in [6, 6.07) is 16.1.